The number of piperidine rings is 2. The molecule has 8 rings (SSSR count). The van der Waals surface area contributed by atoms with Gasteiger partial charge in [0.15, 0.2) is 0 Å². The first-order valence-electron chi connectivity index (χ1n) is 20.2. The molecular formula is C44H46F2N8O5. The SMILES string of the molecule is CC(C)(O)C1=Cc2nn(C3CCC(N4CCC(OCC#Cc5cc(F)c([C@H]6CCC(=O)NC6=O)c(F)c5)CC4)CC3)cc2CC1NC(=O)c1ccc2cc(C#N)cnn12. The van der Waals surface area contributed by atoms with Gasteiger partial charge in [0.1, 0.15) is 30.0 Å². The molecule has 5 heterocycles. The Hall–Kier alpha value is -5.74. The van der Waals surface area contributed by atoms with Crippen molar-refractivity contribution in [3.63, 3.8) is 0 Å². The number of likely N-dealkylation sites (tertiary alicyclic amines) is 1. The minimum absolute atomic E-state index is 0.0287. The number of carbonyl (C=O) groups is 3. The maximum absolute atomic E-state index is 14.9. The number of aliphatic hydroxyl groups is 1. The summed E-state index contributed by atoms with van der Waals surface area (Å²) in [6, 6.07) is 9.66. The summed E-state index contributed by atoms with van der Waals surface area (Å²) in [5, 5.41) is 34.9. The van der Waals surface area contributed by atoms with E-state index in [1.807, 2.05) is 6.08 Å². The molecule has 0 radical (unpaired) electrons. The quantitative estimate of drug-likeness (QED) is 0.169. The van der Waals surface area contributed by atoms with Crippen LogP contribution in [0.5, 0.6) is 0 Å². The highest BCUT2D eigenvalue weighted by molar-refractivity contribution is 6.01. The highest BCUT2D eigenvalue weighted by Gasteiger charge is 2.36. The van der Waals surface area contributed by atoms with Crippen molar-refractivity contribution < 1.29 is 33.0 Å². The van der Waals surface area contributed by atoms with Crippen molar-refractivity contribution in [1.29, 1.82) is 5.26 Å². The molecule has 59 heavy (non-hydrogen) atoms. The van der Waals surface area contributed by atoms with E-state index in [0.717, 1.165) is 75.0 Å². The molecule has 4 aromatic rings. The summed E-state index contributed by atoms with van der Waals surface area (Å²) < 4.78 is 39.3. The summed E-state index contributed by atoms with van der Waals surface area (Å²) in [4.78, 5) is 39.7. The molecule has 0 bridgehead atoms. The normalized spacial score (nSPS) is 22.8. The number of nitriles is 1. The zero-order chi connectivity index (χ0) is 41.4. The summed E-state index contributed by atoms with van der Waals surface area (Å²) in [6.07, 6.45) is 11.8. The molecule has 2 aliphatic heterocycles. The molecular weight excluding hydrogens is 759 g/mol. The molecule has 1 saturated carbocycles. The molecule has 2 atom stereocenters. The van der Waals surface area contributed by atoms with E-state index in [1.54, 1.807) is 32.0 Å². The van der Waals surface area contributed by atoms with Gasteiger partial charge in [0.05, 0.1) is 52.7 Å². The van der Waals surface area contributed by atoms with E-state index in [9.17, 15) is 33.5 Å². The number of aromatic nitrogens is 4. The Kier molecular flexibility index (Phi) is 11.2. The third-order valence-corrected chi connectivity index (χ3v) is 12.1. The van der Waals surface area contributed by atoms with Crippen molar-refractivity contribution in [1.82, 2.24) is 34.9 Å². The molecule has 1 aromatic carbocycles. The first-order valence-corrected chi connectivity index (χ1v) is 20.2. The standard InChI is InChI=1S/C44H46F2N8O5/c1-44(2,58)34-22-37-28(21-38(34)49-43(57)39-11-9-31-18-27(23-47)24-48-54(31)39)25-53(51-37)30-7-5-29(6-8-30)52-15-13-32(14-16-52)59-17-3-4-26-19-35(45)41(36(46)20-26)33-10-12-40(55)50-42(33)56/h9,11,18-20,22,24-25,29-30,32-33,38,58H,5-8,10,12-17,21H2,1-2H3,(H,49,57)(H,50,55,56)/t29?,30?,33-,38?/m1/s1. The number of rotatable bonds is 8. The largest absolute Gasteiger partial charge is 0.386 e. The first kappa shape index (κ1) is 40.1. The average Bonchev–Trinajstić information content (AvgIpc) is 3.84. The number of imide groups is 1. The van der Waals surface area contributed by atoms with E-state index in [-0.39, 0.29) is 48.6 Å². The van der Waals surface area contributed by atoms with E-state index in [2.05, 4.69) is 49.4 Å². The minimum Gasteiger partial charge on any atom is -0.386 e. The number of amides is 3. The Morgan fingerprint density at radius 3 is 2.46 bits per heavy atom. The summed E-state index contributed by atoms with van der Waals surface area (Å²) in [5.41, 5.74) is 2.50. The highest BCUT2D eigenvalue weighted by atomic mass is 19.1. The van der Waals surface area contributed by atoms with Gasteiger partial charge in [-0.3, -0.25) is 24.4 Å². The van der Waals surface area contributed by atoms with Gasteiger partial charge in [-0.05, 0) is 106 Å². The van der Waals surface area contributed by atoms with Crippen LogP contribution in [0, 0.1) is 34.8 Å². The van der Waals surface area contributed by atoms with E-state index in [1.165, 1.54) is 10.7 Å². The molecule has 1 unspecified atom stereocenters. The second kappa shape index (κ2) is 16.5. The molecule has 0 spiro atoms. The van der Waals surface area contributed by atoms with Crippen LogP contribution in [0.3, 0.4) is 0 Å². The molecule has 13 nitrogen and oxygen atoms in total. The molecule has 4 aliphatic rings. The number of hydrogen-bond acceptors (Lipinski definition) is 9. The Morgan fingerprint density at radius 2 is 1.76 bits per heavy atom. The fourth-order valence-electron chi connectivity index (χ4n) is 9.03. The van der Waals surface area contributed by atoms with Crippen molar-refractivity contribution in [2.75, 3.05) is 19.7 Å². The lowest BCUT2D eigenvalue weighted by molar-refractivity contribution is -0.134. The molecule has 306 valence electrons. The smallest absolute Gasteiger partial charge is 0.270 e. The molecule has 2 saturated heterocycles. The van der Waals surface area contributed by atoms with Gasteiger partial charge in [-0.15, -0.1) is 0 Å². The zero-order valence-corrected chi connectivity index (χ0v) is 33.0. The van der Waals surface area contributed by atoms with Crippen LogP contribution in [-0.4, -0.2) is 90.6 Å². The van der Waals surface area contributed by atoms with E-state index in [4.69, 9.17) is 9.84 Å². The van der Waals surface area contributed by atoms with E-state index in [0.29, 0.717) is 34.8 Å². The Morgan fingerprint density at radius 1 is 1.03 bits per heavy atom. The number of fused-ring (bicyclic) bond motifs is 2. The van der Waals surface area contributed by atoms with Crippen LogP contribution in [0.4, 0.5) is 8.78 Å². The monoisotopic (exact) mass is 804 g/mol. The van der Waals surface area contributed by atoms with E-state index >= 15 is 0 Å². The van der Waals surface area contributed by atoms with Gasteiger partial charge in [-0.2, -0.15) is 15.5 Å². The second-order valence-corrected chi connectivity index (χ2v) is 16.5. The van der Waals surface area contributed by atoms with Crippen LogP contribution in [0.25, 0.3) is 11.6 Å². The van der Waals surface area contributed by atoms with Gasteiger partial charge in [-0.25, -0.2) is 13.3 Å². The van der Waals surface area contributed by atoms with Gasteiger partial charge < -0.3 is 20.1 Å². The predicted molar refractivity (Wildman–Crippen MR) is 212 cm³/mol. The molecule has 15 heteroatoms. The summed E-state index contributed by atoms with van der Waals surface area (Å²) >= 11 is 0. The predicted octanol–water partition coefficient (Wildman–Crippen LogP) is 4.73. The maximum Gasteiger partial charge on any atom is 0.270 e. The van der Waals surface area contributed by atoms with Gasteiger partial charge in [0, 0.05) is 49.3 Å². The van der Waals surface area contributed by atoms with Gasteiger partial charge in [-0.1, -0.05) is 11.8 Å². The van der Waals surface area contributed by atoms with Gasteiger partial charge in [0.2, 0.25) is 11.8 Å². The lowest BCUT2D eigenvalue weighted by Crippen LogP contribution is -2.45. The highest BCUT2D eigenvalue weighted by Crippen LogP contribution is 2.36. The van der Waals surface area contributed by atoms with Crippen molar-refractivity contribution in [2.24, 2.45) is 0 Å². The van der Waals surface area contributed by atoms with Crippen LogP contribution in [0.1, 0.15) is 116 Å². The summed E-state index contributed by atoms with van der Waals surface area (Å²) in [5.74, 6) is 1.40. The van der Waals surface area contributed by atoms with Crippen LogP contribution in [0.15, 0.2) is 48.3 Å². The third-order valence-electron chi connectivity index (χ3n) is 12.1. The van der Waals surface area contributed by atoms with Crippen LogP contribution < -0.4 is 10.6 Å². The number of hydrogen-bond donors (Lipinski definition) is 3. The number of benzene rings is 1. The fourth-order valence-corrected chi connectivity index (χ4v) is 9.03. The van der Waals surface area contributed by atoms with Crippen LogP contribution in [0.2, 0.25) is 0 Å². The zero-order valence-electron chi connectivity index (χ0n) is 33.0. The van der Waals surface area contributed by atoms with Crippen molar-refractivity contribution in [3.05, 3.63) is 93.6 Å². The number of nitrogens with zero attached hydrogens (tertiary/aromatic N) is 6. The number of ether oxygens (including phenoxy) is 1. The minimum atomic E-state index is -1.19. The van der Waals surface area contributed by atoms with Crippen LogP contribution in [-0.2, 0) is 20.7 Å². The second-order valence-electron chi connectivity index (χ2n) is 16.5. The fraction of sp³-hybridized carbons (Fsp3) is 0.455. The number of halogens is 2. The molecule has 3 N–H and O–H groups in total. The third kappa shape index (κ3) is 8.55. The number of carbonyl (C=O) groups excluding carboxylic acids is 3. The Bertz CT molecular complexity index is 2410. The Labute approximate surface area is 340 Å². The summed E-state index contributed by atoms with van der Waals surface area (Å²) in [6.45, 7) is 5.38. The van der Waals surface area contributed by atoms with E-state index < -0.39 is 41.0 Å². The molecule has 3 amide bonds. The average molecular weight is 805 g/mol. The molecule has 3 aromatic heterocycles. The Balaban J connectivity index is 0.814. The maximum atomic E-state index is 14.9. The molecule has 2 aliphatic carbocycles. The van der Waals surface area contributed by atoms with Crippen molar-refractivity contribution in [3.8, 4) is 17.9 Å². The first-order chi connectivity index (χ1) is 28.3. The summed E-state index contributed by atoms with van der Waals surface area (Å²) in [7, 11) is 0. The lowest BCUT2D eigenvalue weighted by Gasteiger charge is -2.40. The number of nitrogens with one attached hydrogen (secondary N) is 2. The van der Waals surface area contributed by atoms with Gasteiger partial charge in [0.25, 0.3) is 5.91 Å². The lowest BCUT2D eigenvalue weighted by atomic mass is 9.83. The van der Waals surface area contributed by atoms with Crippen molar-refractivity contribution >= 4 is 29.3 Å². The van der Waals surface area contributed by atoms with Gasteiger partial charge >= 0.3 is 0 Å². The van der Waals surface area contributed by atoms with Crippen molar-refractivity contribution in [2.45, 2.75) is 107 Å². The molecule has 3 fully saturated rings. The topological polar surface area (TPSA) is 167 Å². The van der Waals surface area contributed by atoms with Crippen LogP contribution >= 0.6 is 0 Å².